The molecule has 1 aliphatic carbocycles. The van der Waals surface area contributed by atoms with Gasteiger partial charge in [0.05, 0.1) is 12.0 Å². The molecule has 1 saturated carbocycles. The van der Waals surface area contributed by atoms with E-state index in [1.54, 1.807) is 0 Å². The molecule has 0 spiro atoms. The van der Waals surface area contributed by atoms with Crippen molar-refractivity contribution in [1.82, 2.24) is 5.32 Å². The maximum absolute atomic E-state index is 11.8. The average Bonchev–Trinajstić information content (AvgIpc) is 2.75. The molecule has 0 saturated heterocycles. The van der Waals surface area contributed by atoms with Crippen LogP contribution in [-0.4, -0.2) is 29.1 Å². The minimum atomic E-state index is -0.770. The van der Waals surface area contributed by atoms with Gasteiger partial charge in [-0.3, -0.25) is 9.59 Å². The number of carboxylic acid groups (broad SMARTS) is 1. The SMILES string of the molecule is CCC(C)C(N)C(=O)NC1CCC(C(=O)O)C1. The van der Waals surface area contributed by atoms with Gasteiger partial charge in [-0.05, 0) is 25.2 Å². The van der Waals surface area contributed by atoms with Crippen molar-refractivity contribution in [3.05, 3.63) is 0 Å². The number of hydrogen-bond acceptors (Lipinski definition) is 3. The summed E-state index contributed by atoms with van der Waals surface area (Å²) in [6, 6.07) is -0.525. The molecule has 0 aliphatic heterocycles. The van der Waals surface area contributed by atoms with E-state index in [0.29, 0.717) is 12.8 Å². The molecule has 0 aromatic carbocycles. The van der Waals surface area contributed by atoms with E-state index in [-0.39, 0.29) is 23.8 Å². The Balaban J connectivity index is 2.40. The molecule has 1 aliphatic rings. The number of hydrogen-bond donors (Lipinski definition) is 3. The normalized spacial score (nSPS) is 27.5. The highest BCUT2D eigenvalue weighted by Gasteiger charge is 2.31. The zero-order valence-electron chi connectivity index (χ0n) is 10.5. The third-order valence-corrected chi connectivity index (χ3v) is 3.69. The largest absolute Gasteiger partial charge is 0.481 e. The van der Waals surface area contributed by atoms with Crippen LogP contribution in [0.25, 0.3) is 0 Å². The first-order chi connectivity index (χ1) is 7.95. The van der Waals surface area contributed by atoms with Crippen LogP contribution in [0.2, 0.25) is 0 Å². The van der Waals surface area contributed by atoms with Gasteiger partial charge in [0, 0.05) is 6.04 Å². The van der Waals surface area contributed by atoms with Crippen molar-refractivity contribution in [3.8, 4) is 0 Å². The molecule has 98 valence electrons. The molecule has 5 heteroatoms. The molecule has 4 N–H and O–H groups in total. The zero-order valence-corrected chi connectivity index (χ0v) is 10.5. The Labute approximate surface area is 102 Å². The summed E-state index contributed by atoms with van der Waals surface area (Å²) in [7, 11) is 0. The summed E-state index contributed by atoms with van der Waals surface area (Å²) in [6.07, 6.45) is 2.75. The highest BCUT2D eigenvalue weighted by Crippen LogP contribution is 2.25. The third kappa shape index (κ3) is 3.70. The van der Waals surface area contributed by atoms with Gasteiger partial charge in [0.15, 0.2) is 0 Å². The van der Waals surface area contributed by atoms with E-state index in [9.17, 15) is 9.59 Å². The predicted molar refractivity (Wildman–Crippen MR) is 64.3 cm³/mol. The minimum absolute atomic E-state index is 0.0290. The van der Waals surface area contributed by atoms with E-state index in [2.05, 4.69) is 5.32 Å². The summed E-state index contributed by atoms with van der Waals surface area (Å²) in [5.41, 5.74) is 5.82. The molecule has 0 radical (unpaired) electrons. The topological polar surface area (TPSA) is 92.4 Å². The van der Waals surface area contributed by atoms with E-state index >= 15 is 0 Å². The fraction of sp³-hybridized carbons (Fsp3) is 0.833. The molecule has 1 fully saturated rings. The lowest BCUT2D eigenvalue weighted by Crippen LogP contribution is -2.47. The number of carbonyl (C=O) groups excluding carboxylic acids is 1. The van der Waals surface area contributed by atoms with Gasteiger partial charge in [-0.2, -0.15) is 0 Å². The minimum Gasteiger partial charge on any atom is -0.481 e. The molecule has 0 aromatic heterocycles. The Kier molecular flexibility index (Phi) is 4.93. The standard InChI is InChI=1S/C12H22N2O3/c1-3-7(2)10(13)11(15)14-9-5-4-8(6-9)12(16)17/h7-10H,3-6,13H2,1-2H3,(H,14,15)(H,16,17). The molecule has 0 aromatic rings. The fourth-order valence-electron chi connectivity index (χ4n) is 2.15. The van der Waals surface area contributed by atoms with Crippen molar-refractivity contribution in [1.29, 1.82) is 0 Å². The highest BCUT2D eigenvalue weighted by molar-refractivity contribution is 5.82. The van der Waals surface area contributed by atoms with Crippen LogP contribution in [0.15, 0.2) is 0 Å². The number of amides is 1. The van der Waals surface area contributed by atoms with Crippen molar-refractivity contribution in [2.24, 2.45) is 17.6 Å². The Morgan fingerprint density at radius 1 is 1.47 bits per heavy atom. The Morgan fingerprint density at radius 3 is 2.59 bits per heavy atom. The predicted octanol–water partition coefficient (Wildman–Crippen LogP) is 0.729. The van der Waals surface area contributed by atoms with Gasteiger partial charge in [-0.1, -0.05) is 20.3 Å². The van der Waals surface area contributed by atoms with Crippen LogP contribution in [-0.2, 0) is 9.59 Å². The summed E-state index contributed by atoms with van der Waals surface area (Å²) in [6.45, 7) is 3.94. The monoisotopic (exact) mass is 242 g/mol. The van der Waals surface area contributed by atoms with Gasteiger partial charge in [0.2, 0.25) is 5.91 Å². The maximum Gasteiger partial charge on any atom is 0.306 e. The number of carboxylic acids is 1. The lowest BCUT2D eigenvalue weighted by Gasteiger charge is -2.20. The zero-order chi connectivity index (χ0) is 13.0. The molecule has 5 nitrogen and oxygen atoms in total. The lowest BCUT2D eigenvalue weighted by molar-refractivity contribution is -0.141. The van der Waals surface area contributed by atoms with Crippen LogP contribution in [0.5, 0.6) is 0 Å². The third-order valence-electron chi connectivity index (χ3n) is 3.69. The second-order valence-corrected chi connectivity index (χ2v) is 4.97. The molecular formula is C12H22N2O3. The van der Waals surface area contributed by atoms with Crippen molar-refractivity contribution in [2.75, 3.05) is 0 Å². The number of aliphatic carboxylic acids is 1. The quantitative estimate of drug-likeness (QED) is 0.662. The maximum atomic E-state index is 11.8. The summed E-state index contributed by atoms with van der Waals surface area (Å²) in [5.74, 6) is -1.10. The smallest absolute Gasteiger partial charge is 0.306 e. The summed E-state index contributed by atoms with van der Waals surface area (Å²) in [5, 5.41) is 11.7. The van der Waals surface area contributed by atoms with E-state index in [0.717, 1.165) is 12.8 Å². The van der Waals surface area contributed by atoms with Crippen LogP contribution in [0.1, 0.15) is 39.5 Å². The number of carbonyl (C=O) groups is 2. The van der Waals surface area contributed by atoms with Gasteiger partial charge in [0.1, 0.15) is 0 Å². The summed E-state index contributed by atoms with van der Waals surface area (Å²) < 4.78 is 0. The van der Waals surface area contributed by atoms with Crippen LogP contribution >= 0.6 is 0 Å². The van der Waals surface area contributed by atoms with Crippen LogP contribution < -0.4 is 11.1 Å². The van der Waals surface area contributed by atoms with Crippen LogP contribution in [0.3, 0.4) is 0 Å². The second-order valence-electron chi connectivity index (χ2n) is 4.97. The fourth-order valence-corrected chi connectivity index (χ4v) is 2.15. The van der Waals surface area contributed by atoms with Crippen molar-refractivity contribution < 1.29 is 14.7 Å². The highest BCUT2D eigenvalue weighted by atomic mass is 16.4. The number of rotatable bonds is 5. The first-order valence-corrected chi connectivity index (χ1v) is 6.24. The molecule has 4 unspecified atom stereocenters. The van der Waals surface area contributed by atoms with Gasteiger partial charge < -0.3 is 16.2 Å². The van der Waals surface area contributed by atoms with Crippen LogP contribution in [0, 0.1) is 11.8 Å². The summed E-state index contributed by atoms with van der Waals surface area (Å²) >= 11 is 0. The average molecular weight is 242 g/mol. The number of nitrogens with one attached hydrogen (secondary N) is 1. The molecule has 0 bridgehead atoms. The molecule has 1 amide bonds. The van der Waals surface area contributed by atoms with E-state index < -0.39 is 12.0 Å². The van der Waals surface area contributed by atoms with E-state index in [1.165, 1.54) is 0 Å². The van der Waals surface area contributed by atoms with Gasteiger partial charge >= 0.3 is 5.97 Å². The molecule has 1 rings (SSSR count). The lowest BCUT2D eigenvalue weighted by atomic mass is 9.99. The number of nitrogens with two attached hydrogens (primary N) is 1. The summed E-state index contributed by atoms with van der Waals surface area (Å²) in [4.78, 5) is 22.6. The van der Waals surface area contributed by atoms with Gasteiger partial charge in [-0.25, -0.2) is 0 Å². The van der Waals surface area contributed by atoms with Gasteiger partial charge in [0.25, 0.3) is 0 Å². The Hall–Kier alpha value is -1.10. The molecule has 0 heterocycles. The Bertz CT molecular complexity index is 293. The van der Waals surface area contributed by atoms with E-state index in [4.69, 9.17) is 10.8 Å². The van der Waals surface area contributed by atoms with Crippen molar-refractivity contribution >= 4 is 11.9 Å². The Morgan fingerprint density at radius 2 is 2.12 bits per heavy atom. The first kappa shape index (κ1) is 14.0. The molecule has 17 heavy (non-hydrogen) atoms. The molecular weight excluding hydrogens is 220 g/mol. The first-order valence-electron chi connectivity index (χ1n) is 6.24. The molecule has 4 atom stereocenters. The van der Waals surface area contributed by atoms with Crippen molar-refractivity contribution in [3.63, 3.8) is 0 Å². The van der Waals surface area contributed by atoms with Gasteiger partial charge in [-0.15, -0.1) is 0 Å². The van der Waals surface area contributed by atoms with Crippen molar-refractivity contribution in [2.45, 2.75) is 51.6 Å². The van der Waals surface area contributed by atoms with E-state index in [1.807, 2.05) is 13.8 Å². The second kappa shape index (κ2) is 6.00. The van der Waals surface area contributed by atoms with Crippen LogP contribution in [0.4, 0.5) is 0 Å².